The smallest absolute Gasteiger partial charge is 0.179 e. The maximum Gasteiger partial charge on any atom is 0.179 e. The van der Waals surface area contributed by atoms with Crippen LogP contribution in [0.2, 0.25) is 0 Å². The number of unbranched alkanes of at least 4 members (excludes halogenated alkanes) is 1. The van der Waals surface area contributed by atoms with Crippen LogP contribution in [0, 0.1) is 6.92 Å². The third-order valence-corrected chi connectivity index (χ3v) is 4.14. The number of hydrogen-bond acceptors (Lipinski definition) is 2. The van der Waals surface area contributed by atoms with Gasteiger partial charge in [0.2, 0.25) is 0 Å². The van der Waals surface area contributed by atoms with Crippen molar-refractivity contribution >= 4 is 5.78 Å². The van der Waals surface area contributed by atoms with Gasteiger partial charge >= 0.3 is 0 Å². The van der Waals surface area contributed by atoms with Gasteiger partial charge in [-0.05, 0) is 40.2 Å². The summed E-state index contributed by atoms with van der Waals surface area (Å²) in [6.07, 6.45) is 3.39. The molecule has 1 rings (SSSR count). The van der Waals surface area contributed by atoms with Gasteiger partial charge in [-0.25, -0.2) is 0 Å². The van der Waals surface area contributed by atoms with Crippen molar-refractivity contribution < 1.29 is 4.79 Å². The first kappa shape index (κ1) is 16.9. The lowest BCUT2D eigenvalue weighted by molar-refractivity contribution is 0.0766. The van der Waals surface area contributed by atoms with E-state index < -0.39 is 0 Å². The molecule has 1 aromatic rings. The summed E-state index contributed by atoms with van der Waals surface area (Å²) in [6, 6.07) is 8.33. The van der Waals surface area contributed by atoms with Gasteiger partial charge < -0.3 is 0 Å². The molecular weight excluding hydrogens is 246 g/mol. The number of benzene rings is 1. The molecular formula is C18H29NO. The topological polar surface area (TPSA) is 20.3 Å². The van der Waals surface area contributed by atoms with E-state index in [9.17, 15) is 4.79 Å². The fraction of sp³-hybridized carbons (Fsp3) is 0.611. The molecule has 2 atom stereocenters. The third-order valence-electron chi connectivity index (χ3n) is 4.14. The molecule has 2 unspecified atom stereocenters. The number of carbonyl (C=O) groups is 1. The fourth-order valence-electron chi connectivity index (χ4n) is 2.48. The predicted octanol–water partition coefficient (Wildman–Crippen LogP) is 4.47. The van der Waals surface area contributed by atoms with Gasteiger partial charge in [-0.2, -0.15) is 0 Å². The highest BCUT2D eigenvalue weighted by molar-refractivity contribution is 5.99. The molecule has 0 aliphatic carbocycles. The van der Waals surface area contributed by atoms with Crippen molar-refractivity contribution in [3.05, 3.63) is 35.4 Å². The normalized spacial score (nSPS) is 14.3. The van der Waals surface area contributed by atoms with Gasteiger partial charge in [0.25, 0.3) is 0 Å². The lowest BCUT2D eigenvalue weighted by Crippen LogP contribution is -2.45. The molecule has 0 N–H and O–H groups in total. The van der Waals surface area contributed by atoms with E-state index in [1.54, 1.807) is 0 Å². The van der Waals surface area contributed by atoms with Gasteiger partial charge in [-0.1, -0.05) is 50.1 Å². The Morgan fingerprint density at radius 2 is 1.75 bits per heavy atom. The van der Waals surface area contributed by atoms with E-state index in [1.807, 2.05) is 38.1 Å². The molecule has 0 heterocycles. The van der Waals surface area contributed by atoms with Crippen molar-refractivity contribution in [1.82, 2.24) is 4.90 Å². The summed E-state index contributed by atoms with van der Waals surface area (Å²) in [6.45, 7) is 11.7. The Balaban J connectivity index is 2.84. The van der Waals surface area contributed by atoms with Gasteiger partial charge in [-0.15, -0.1) is 0 Å². The second kappa shape index (κ2) is 8.21. The van der Waals surface area contributed by atoms with Gasteiger partial charge in [0, 0.05) is 11.6 Å². The molecule has 20 heavy (non-hydrogen) atoms. The van der Waals surface area contributed by atoms with Crippen LogP contribution in [0.25, 0.3) is 0 Å². The highest BCUT2D eigenvalue weighted by Gasteiger charge is 2.25. The van der Waals surface area contributed by atoms with Gasteiger partial charge in [0.15, 0.2) is 5.78 Å². The number of Topliss-reactive ketones (excluding diaryl/α,β-unsaturated/α-hetero) is 1. The maximum atomic E-state index is 12.6. The van der Waals surface area contributed by atoms with Crippen LogP contribution >= 0.6 is 0 Å². The number of nitrogens with zero attached hydrogens (tertiary/aromatic N) is 1. The van der Waals surface area contributed by atoms with E-state index in [2.05, 4.69) is 25.7 Å². The minimum Gasteiger partial charge on any atom is -0.292 e. The Morgan fingerprint density at radius 1 is 1.15 bits per heavy atom. The van der Waals surface area contributed by atoms with E-state index in [4.69, 9.17) is 0 Å². The largest absolute Gasteiger partial charge is 0.292 e. The van der Waals surface area contributed by atoms with Gasteiger partial charge in [-0.3, -0.25) is 9.69 Å². The monoisotopic (exact) mass is 275 g/mol. The van der Waals surface area contributed by atoms with Crippen molar-refractivity contribution in [2.75, 3.05) is 6.54 Å². The SMILES string of the molecule is CCCCN(C(C)CC)C(C)C(=O)c1ccc(C)cc1. The Bertz CT molecular complexity index is 410. The standard InChI is InChI=1S/C18H29NO/c1-6-8-13-19(15(4)7-2)16(5)18(20)17-11-9-14(3)10-12-17/h9-12,15-16H,6-8,13H2,1-5H3. The summed E-state index contributed by atoms with van der Waals surface area (Å²) in [5.74, 6) is 0.237. The Morgan fingerprint density at radius 3 is 2.25 bits per heavy atom. The Labute approximate surface area is 124 Å². The van der Waals surface area contributed by atoms with Crippen molar-refractivity contribution in [2.45, 2.75) is 66.0 Å². The van der Waals surface area contributed by atoms with Crippen LogP contribution in [0.4, 0.5) is 0 Å². The van der Waals surface area contributed by atoms with E-state index in [0.29, 0.717) is 6.04 Å². The van der Waals surface area contributed by atoms with E-state index in [-0.39, 0.29) is 11.8 Å². The highest BCUT2D eigenvalue weighted by Crippen LogP contribution is 2.15. The third kappa shape index (κ3) is 4.45. The molecule has 2 nitrogen and oxygen atoms in total. The van der Waals surface area contributed by atoms with Gasteiger partial charge in [0.1, 0.15) is 0 Å². The summed E-state index contributed by atoms with van der Waals surface area (Å²) in [4.78, 5) is 15.0. The Hall–Kier alpha value is -1.15. The van der Waals surface area contributed by atoms with Crippen LogP contribution in [-0.2, 0) is 0 Å². The average Bonchev–Trinajstić information content (AvgIpc) is 2.47. The molecule has 0 saturated heterocycles. The molecule has 0 bridgehead atoms. The number of carbonyl (C=O) groups excluding carboxylic acids is 1. The second-order valence-corrected chi connectivity index (χ2v) is 5.75. The summed E-state index contributed by atoms with van der Waals surface area (Å²) in [7, 11) is 0. The molecule has 0 radical (unpaired) electrons. The number of hydrogen-bond donors (Lipinski definition) is 0. The fourth-order valence-corrected chi connectivity index (χ4v) is 2.48. The molecule has 112 valence electrons. The molecule has 0 aliphatic rings. The predicted molar refractivity (Wildman–Crippen MR) is 86.3 cm³/mol. The highest BCUT2D eigenvalue weighted by atomic mass is 16.1. The Kier molecular flexibility index (Phi) is 6.94. The zero-order valence-corrected chi connectivity index (χ0v) is 13.6. The number of aryl methyl sites for hydroxylation is 1. The maximum absolute atomic E-state index is 12.6. The summed E-state index contributed by atoms with van der Waals surface area (Å²) >= 11 is 0. The van der Waals surface area contributed by atoms with Crippen molar-refractivity contribution in [1.29, 1.82) is 0 Å². The molecule has 0 spiro atoms. The van der Waals surface area contributed by atoms with Crippen LogP contribution in [0.15, 0.2) is 24.3 Å². The van der Waals surface area contributed by atoms with Crippen LogP contribution in [0.5, 0.6) is 0 Å². The average molecular weight is 275 g/mol. The molecule has 1 aromatic carbocycles. The molecule has 0 saturated carbocycles. The zero-order valence-electron chi connectivity index (χ0n) is 13.6. The van der Waals surface area contributed by atoms with Crippen LogP contribution in [0.3, 0.4) is 0 Å². The first-order chi connectivity index (χ1) is 9.51. The second-order valence-electron chi connectivity index (χ2n) is 5.75. The number of ketones is 1. The molecule has 2 heteroatoms. The molecule has 0 amide bonds. The summed E-state index contributed by atoms with van der Waals surface area (Å²) in [5, 5.41) is 0. The molecule has 0 fully saturated rings. The summed E-state index contributed by atoms with van der Waals surface area (Å²) in [5.41, 5.74) is 2.02. The molecule has 0 aromatic heterocycles. The zero-order chi connectivity index (χ0) is 15.1. The number of rotatable bonds is 8. The van der Waals surface area contributed by atoms with E-state index >= 15 is 0 Å². The van der Waals surface area contributed by atoms with Crippen LogP contribution in [0.1, 0.15) is 62.9 Å². The van der Waals surface area contributed by atoms with Crippen molar-refractivity contribution in [3.63, 3.8) is 0 Å². The lowest BCUT2D eigenvalue weighted by atomic mass is 10.0. The van der Waals surface area contributed by atoms with E-state index in [1.165, 1.54) is 12.0 Å². The van der Waals surface area contributed by atoms with Crippen LogP contribution < -0.4 is 0 Å². The van der Waals surface area contributed by atoms with Crippen molar-refractivity contribution in [3.8, 4) is 0 Å². The van der Waals surface area contributed by atoms with E-state index in [0.717, 1.165) is 24.9 Å². The minimum atomic E-state index is -0.0424. The quantitative estimate of drug-likeness (QED) is 0.653. The lowest BCUT2D eigenvalue weighted by Gasteiger charge is -2.33. The first-order valence-electron chi connectivity index (χ1n) is 7.87. The summed E-state index contributed by atoms with van der Waals surface area (Å²) < 4.78 is 0. The molecule has 0 aliphatic heterocycles. The van der Waals surface area contributed by atoms with Gasteiger partial charge in [0.05, 0.1) is 6.04 Å². The minimum absolute atomic E-state index is 0.0424. The van der Waals surface area contributed by atoms with Crippen molar-refractivity contribution in [2.24, 2.45) is 0 Å². The van der Waals surface area contributed by atoms with Crippen LogP contribution in [-0.4, -0.2) is 29.3 Å². The first-order valence-corrected chi connectivity index (χ1v) is 7.87.